The predicted molar refractivity (Wildman–Crippen MR) is 369 cm³/mol. The van der Waals surface area contributed by atoms with Gasteiger partial charge in [0.25, 0.3) is 0 Å². The van der Waals surface area contributed by atoms with Crippen molar-refractivity contribution in [2.45, 2.75) is 211 Å². The third kappa shape index (κ3) is 19.4. The van der Waals surface area contributed by atoms with Gasteiger partial charge >= 0.3 is 12.4 Å². The lowest BCUT2D eigenvalue weighted by molar-refractivity contribution is -0.160. The van der Waals surface area contributed by atoms with Gasteiger partial charge in [-0.25, -0.2) is 8.78 Å². The van der Waals surface area contributed by atoms with E-state index >= 15 is 32.8 Å². The molecular weight excluding hydrogens is 1400 g/mol. The third-order valence-electron chi connectivity index (χ3n) is 21.8. The Labute approximate surface area is 613 Å². The Balaban J connectivity index is 1.32. The van der Waals surface area contributed by atoms with E-state index in [0.29, 0.717) is 31.4 Å². The number of aryl methyl sites for hydroxylation is 1. The van der Waals surface area contributed by atoms with E-state index in [1.165, 1.54) is 56.9 Å². The lowest BCUT2D eigenvalue weighted by atomic mass is 9.90. The maximum absolute atomic E-state index is 15.5. The van der Waals surface area contributed by atoms with Crippen molar-refractivity contribution in [3.63, 3.8) is 0 Å². The first-order valence-corrected chi connectivity index (χ1v) is 36.3. The van der Waals surface area contributed by atoms with Crippen molar-refractivity contribution in [1.29, 1.82) is 0 Å². The fraction of sp³-hybridized carbons (Fsp3) is 0.671. The molecule has 1 saturated carbocycles. The van der Waals surface area contributed by atoms with Gasteiger partial charge in [-0.1, -0.05) is 79.4 Å². The Bertz CT molecular complexity index is 3550. The summed E-state index contributed by atoms with van der Waals surface area (Å²) in [7, 11) is 7.74. The van der Waals surface area contributed by atoms with Gasteiger partial charge in [-0.15, -0.1) is 0 Å². The Morgan fingerprint density at radius 2 is 1.21 bits per heavy atom. The van der Waals surface area contributed by atoms with Gasteiger partial charge in [0.2, 0.25) is 70.9 Å². The first-order chi connectivity index (χ1) is 49.6. The number of likely N-dealkylation sites (N-methyl/N-ethyl adjacent to an activating group) is 6. The fourth-order valence-corrected chi connectivity index (χ4v) is 14.7. The number of hydrogen-bond donors (Lipinski definition) is 3. The van der Waals surface area contributed by atoms with E-state index in [-0.39, 0.29) is 101 Å². The lowest BCUT2D eigenvalue weighted by Crippen LogP contribution is -2.65. The minimum absolute atomic E-state index is 0.0211. The minimum Gasteiger partial charge on any atom is -0.378 e. The number of carbonyl (C=O) groups is 12. The van der Waals surface area contributed by atoms with Crippen LogP contribution in [0, 0.1) is 29.4 Å². The molecule has 4 heterocycles. The highest BCUT2D eigenvalue weighted by molar-refractivity contribution is 6.01. The highest BCUT2D eigenvalue weighted by Crippen LogP contribution is 2.37. The minimum atomic E-state index is -5.44. The molecule has 3 N–H and O–H groups in total. The van der Waals surface area contributed by atoms with E-state index in [0.717, 1.165) is 60.7 Å². The number of carbonyl (C=O) groups excluding carboxylic acids is 12. The number of alkyl halides is 6. The van der Waals surface area contributed by atoms with Gasteiger partial charge < -0.3 is 64.8 Å². The summed E-state index contributed by atoms with van der Waals surface area (Å²) in [6, 6.07) is -8.42. The van der Waals surface area contributed by atoms with Crippen LogP contribution >= 0.6 is 0 Å². The number of ether oxygens (including phenoxy) is 1. The zero-order valence-electron chi connectivity index (χ0n) is 62.6. The molecule has 0 unspecified atom stereocenters. The first kappa shape index (κ1) is 84.7. The van der Waals surface area contributed by atoms with Gasteiger partial charge in [0.15, 0.2) is 0 Å². The number of rotatable bonds is 12. The molecule has 106 heavy (non-hydrogen) atoms. The molecule has 7 rings (SSSR count). The van der Waals surface area contributed by atoms with Gasteiger partial charge in [0.05, 0.1) is 31.7 Å². The molecule has 12 amide bonds. The van der Waals surface area contributed by atoms with E-state index in [1.54, 1.807) is 41.5 Å². The molecule has 1 aliphatic carbocycles. The van der Waals surface area contributed by atoms with Crippen molar-refractivity contribution in [3.05, 3.63) is 70.3 Å². The van der Waals surface area contributed by atoms with Crippen LogP contribution in [0.15, 0.2) is 36.4 Å². The van der Waals surface area contributed by atoms with E-state index in [1.807, 2.05) is 0 Å². The van der Waals surface area contributed by atoms with Gasteiger partial charge in [-0.2, -0.15) is 26.3 Å². The maximum atomic E-state index is 15.5. The zero-order chi connectivity index (χ0) is 78.9. The second kappa shape index (κ2) is 35.5. The molecular formula is C73H102F8N12O13. The standard InChI is InChI=1S/C73H102F8N12O13/c1-14-42(5)59-68(103)86(9)44(7)63(98)93-30-26-52(93)66(101)88(11)54(38-45-20-23-47(24-21-45)72(76,77)78)65(100)85(8)40-56(94)82-50(25-22-46-36-48(74)58(49(75)37-46)73(79,80)81)64(99)92-29-18-19-51(92)62(97)84-71(27-16-17-28-71)70(105)90(13)60(43(6)15-2)69(104)89(12)55(67(102)91-31-33-106-34-32-91)39-57(95)87(10)53(35-41(3)4)61(96)83-59/h20-21,23-24,36-37,41-44,50-55,59-60H,14-19,22,25-35,38-40H2,1-13H3,(H,82,94)(H,83,96)(H,84,97)/t42-,43-,44-,50-,51-,52-,53-,54-,55-,59-,60-/m0/s1. The van der Waals surface area contributed by atoms with E-state index in [9.17, 15) is 59.9 Å². The Morgan fingerprint density at radius 1 is 0.613 bits per heavy atom. The fourth-order valence-electron chi connectivity index (χ4n) is 14.7. The molecule has 2 aromatic carbocycles. The van der Waals surface area contributed by atoms with Crippen LogP contribution in [0.1, 0.15) is 148 Å². The summed E-state index contributed by atoms with van der Waals surface area (Å²) in [5.74, 6) is -15.3. The molecule has 0 bridgehead atoms. The Hall–Kier alpha value is -8.52. The molecule has 4 aliphatic heterocycles. The topological polar surface area (TPSA) is 279 Å². The van der Waals surface area contributed by atoms with Crippen LogP contribution in [-0.4, -0.2) is 263 Å². The van der Waals surface area contributed by atoms with Crippen LogP contribution in [0.5, 0.6) is 0 Å². The molecule has 0 radical (unpaired) electrons. The number of nitrogens with one attached hydrogen (secondary N) is 3. The maximum Gasteiger partial charge on any atom is 0.422 e. The van der Waals surface area contributed by atoms with Crippen molar-refractivity contribution in [3.8, 4) is 0 Å². The molecule has 588 valence electrons. The molecule has 11 atom stereocenters. The number of amides is 12. The molecule has 33 heteroatoms. The zero-order valence-corrected chi connectivity index (χ0v) is 62.6. The second-order valence-electron chi connectivity index (χ2n) is 29.5. The lowest BCUT2D eigenvalue weighted by Gasteiger charge is -2.45. The monoisotopic (exact) mass is 1510 g/mol. The van der Waals surface area contributed by atoms with Crippen LogP contribution in [-0.2, 0) is 87.5 Å². The van der Waals surface area contributed by atoms with Crippen molar-refractivity contribution in [1.82, 2.24) is 60.0 Å². The average Bonchev–Trinajstić information content (AvgIpc) is 1.32. The molecule has 25 nitrogen and oxygen atoms in total. The number of benzene rings is 2. The molecule has 1 spiro atoms. The molecule has 2 aromatic rings. The quantitative estimate of drug-likeness (QED) is 0.231. The summed E-state index contributed by atoms with van der Waals surface area (Å²) < 4.78 is 119. The van der Waals surface area contributed by atoms with Crippen LogP contribution in [0.2, 0.25) is 0 Å². The first-order valence-electron chi connectivity index (χ1n) is 36.3. The van der Waals surface area contributed by atoms with Crippen LogP contribution < -0.4 is 16.0 Å². The number of morpholine rings is 1. The smallest absolute Gasteiger partial charge is 0.378 e. The number of nitrogens with zero attached hydrogens (tertiary/aromatic N) is 9. The van der Waals surface area contributed by atoms with Crippen LogP contribution in [0.4, 0.5) is 35.1 Å². The molecule has 5 fully saturated rings. The average molecular weight is 1510 g/mol. The number of fused-ring (bicyclic) bond motifs is 2. The highest BCUT2D eigenvalue weighted by atomic mass is 19.4. The molecule has 0 aromatic heterocycles. The van der Waals surface area contributed by atoms with E-state index in [4.69, 9.17) is 4.74 Å². The normalized spacial score (nSPS) is 26.3. The number of halogens is 8. The van der Waals surface area contributed by atoms with E-state index < -0.39 is 210 Å². The van der Waals surface area contributed by atoms with Gasteiger partial charge in [-0.05, 0) is 111 Å². The highest BCUT2D eigenvalue weighted by Gasteiger charge is 2.52. The summed E-state index contributed by atoms with van der Waals surface area (Å²) in [5, 5.41) is 8.29. The summed E-state index contributed by atoms with van der Waals surface area (Å²) in [5.41, 5.74) is -5.22. The van der Waals surface area contributed by atoms with Crippen LogP contribution in [0.3, 0.4) is 0 Å². The largest absolute Gasteiger partial charge is 0.422 e. The van der Waals surface area contributed by atoms with Gasteiger partial charge in [0.1, 0.15) is 77.1 Å². The molecule has 4 saturated heterocycles. The molecule has 5 aliphatic rings. The van der Waals surface area contributed by atoms with Gasteiger partial charge in [-0.3, -0.25) is 57.5 Å². The summed E-state index contributed by atoms with van der Waals surface area (Å²) in [6.45, 7) is 11.3. The van der Waals surface area contributed by atoms with Crippen molar-refractivity contribution in [2.75, 3.05) is 88.2 Å². The van der Waals surface area contributed by atoms with Gasteiger partial charge in [0, 0.05) is 74.9 Å². The Morgan fingerprint density at radius 3 is 1.75 bits per heavy atom. The van der Waals surface area contributed by atoms with Crippen LogP contribution in [0.25, 0.3) is 0 Å². The summed E-state index contributed by atoms with van der Waals surface area (Å²) in [6.07, 6.45) is -10.8. The Kier molecular flexibility index (Phi) is 28.4. The SMILES string of the molecule is CC[C@H](C)[C@@H]1NC(=O)[C@H](CC(C)C)N(C)C(=O)C[C@@H](C(=O)N2CCOCC2)N(C)C(=O)[C@H]([C@@H](C)CC)N(C)C(=O)C2(CCCC2)NC(=O)[C@@H]2CCCN2C(=O)[C@H](CCc2cc(F)c(C(F)(F)F)c(F)c2)NC(=O)CN(C)C(=O)[C@H](Cc2ccc(C(F)(F)F)cc2)N(C)C(=O)[C@@H]2CCN2C(=O)[C@H](C)N(C)C1=O. The number of hydrogen-bond acceptors (Lipinski definition) is 13. The summed E-state index contributed by atoms with van der Waals surface area (Å²) >= 11 is 0. The van der Waals surface area contributed by atoms with Crippen molar-refractivity contribution >= 4 is 70.9 Å². The second-order valence-corrected chi connectivity index (χ2v) is 29.5. The third-order valence-corrected chi connectivity index (χ3v) is 21.8. The van der Waals surface area contributed by atoms with Crippen molar-refractivity contribution in [2.24, 2.45) is 17.8 Å². The van der Waals surface area contributed by atoms with E-state index in [2.05, 4.69) is 16.0 Å². The summed E-state index contributed by atoms with van der Waals surface area (Å²) in [4.78, 5) is 190. The van der Waals surface area contributed by atoms with Crippen molar-refractivity contribution < 1.29 is 97.4 Å². The predicted octanol–water partition coefficient (Wildman–Crippen LogP) is 5.18.